The van der Waals surface area contributed by atoms with Crippen molar-refractivity contribution in [2.75, 3.05) is 12.4 Å². The van der Waals surface area contributed by atoms with E-state index in [4.69, 9.17) is 4.74 Å². The Morgan fingerprint density at radius 1 is 1.24 bits per heavy atom. The van der Waals surface area contributed by atoms with E-state index in [1.807, 2.05) is 20.8 Å². The lowest BCUT2D eigenvalue weighted by Gasteiger charge is -2.27. The third-order valence-corrected chi connectivity index (χ3v) is 2.63. The molecule has 1 atom stereocenters. The van der Waals surface area contributed by atoms with Gasteiger partial charge in [0.05, 0.1) is 5.60 Å². The first kappa shape index (κ1) is 13.9. The molecule has 17 heavy (non-hydrogen) atoms. The Labute approximate surface area is 101 Å². The summed E-state index contributed by atoms with van der Waals surface area (Å²) in [6, 6.07) is 3.47. The third-order valence-electron chi connectivity index (χ3n) is 2.63. The Morgan fingerprint density at radius 2 is 1.76 bits per heavy atom. The zero-order valence-corrected chi connectivity index (χ0v) is 10.7. The van der Waals surface area contributed by atoms with Crippen molar-refractivity contribution in [1.29, 1.82) is 0 Å². The molecule has 96 valence electrons. The van der Waals surface area contributed by atoms with Gasteiger partial charge in [-0.25, -0.2) is 8.78 Å². The highest BCUT2D eigenvalue weighted by Gasteiger charge is 2.20. The second-order valence-electron chi connectivity index (χ2n) is 4.87. The molecular formula is C13H19F2NO. The Morgan fingerprint density at radius 3 is 2.24 bits per heavy atom. The smallest absolute Gasteiger partial charge is 0.128 e. The molecule has 1 rings (SSSR count). The summed E-state index contributed by atoms with van der Waals surface area (Å²) in [6.45, 7) is 5.89. The van der Waals surface area contributed by atoms with Gasteiger partial charge in [0.2, 0.25) is 0 Å². The maximum Gasteiger partial charge on any atom is 0.128 e. The van der Waals surface area contributed by atoms with Crippen molar-refractivity contribution in [3.8, 4) is 0 Å². The van der Waals surface area contributed by atoms with Gasteiger partial charge < -0.3 is 10.1 Å². The predicted molar refractivity (Wildman–Crippen MR) is 65.1 cm³/mol. The van der Waals surface area contributed by atoms with E-state index in [9.17, 15) is 8.78 Å². The van der Waals surface area contributed by atoms with Crippen LogP contribution in [0.1, 0.15) is 27.2 Å². The molecule has 1 aromatic rings. The maximum absolute atomic E-state index is 13.0. The standard InChI is InChI=1S/C13H19F2NO/c1-9(8-13(2,3)17-4)16-12-6-10(14)5-11(15)7-12/h5-7,9,16H,8H2,1-4H3. The van der Waals surface area contributed by atoms with Crippen LogP contribution in [-0.2, 0) is 4.74 Å². The highest BCUT2D eigenvalue weighted by Crippen LogP contribution is 2.19. The summed E-state index contributed by atoms with van der Waals surface area (Å²) >= 11 is 0. The van der Waals surface area contributed by atoms with E-state index in [-0.39, 0.29) is 11.6 Å². The fourth-order valence-electron chi connectivity index (χ4n) is 1.79. The first-order valence-corrected chi connectivity index (χ1v) is 5.60. The van der Waals surface area contributed by atoms with Gasteiger partial charge in [-0.1, -0.05) is 0 Å². The number of ether oxygens (including phenoxy) is 1. The summed E-state index contributed by atoms with van der Waals surface area (Å²) in [5.41, 5.74) is 0.181. The van der Waals surface area contributed by atoms with Gasteiger partial charge in [-0.05, 0) is 39.3 Å². The van der Waals surface area contributed by atoms with Crippen molar-refractivity contribution < 1.29 is 13.5 Å². The number of benzene rings is 1. The molecule has 0 spiro atoms. The minimum Gasteiger partial charge on any atom is -0.382 e. The summed E-state index contributed by atoms with van der Waals surface area (Å²) in [5, 5.41) is 3.05. The fourth-order valence-corrected chi connectivity index (χ4v) is 1.79. The Hall–Kier alpha value is -1.16. The van der Waals surface area contributed by atoms with Crippen LogP contribution in [0.3, 0.4) is 0 Å². The first-order chi connectivity index (χ1) is 7.82. The molecule has 0 fully saturated rings. The molecular weight excluding hydrogens is 224 g/mol. The predicted octanol–water partition coefficient (Wildman–Crippen LogP) is 3.58. The van der Waals surface area contributed by atoms with Gasteiger partial charge in [0.25, 0.3) is 0 Å². The molecule has 0 heterocycles. The average molecular weight is 243 g/mol. The zero-order chi connectivity index (χ0) is 13.1. The summed E-state index contributed by atoms with van der Waals surface area (Å²) in [5.74, 6) is -1.16. The molecule has 0 amide bonds. The van der Waals surface area contributed by atoms with Crippen LogP contribution in [-0.4, -0.2) is 18.8 Å². The summed E-state index contributed by atoms with van der Waals surface area (Å²) < 4.78 is 31.3. The molecule has 0 aliphatic rings. The quantitative estimate of drug-likeness (QED) is 0.853. The highest BCUT2D eigenvalue weighted by atomic mass is 19.1. The van der Waals surface area contributed by atoms with E-state index in [1.165, 1.54) is 12.1 Å². The molecule has 1 unspecified atom stereocenters. The fraction of sp³-hybridized carbons (Fsp3) is 0.538. The van der Waals surface area contributed by atoms with Crippen molar-refractivity contribution in [2.45, 2.75) is 38.8 Å². The number of nitrogens with one attached hydrogen (secondary N) is 1. The minimum absolute atomic E-state index is 0.0612. The van der Waals surface area contributed by atoms with Crippen molar-refractivity contribution in [2.24, 2.45) is 0 Å². The molecule has 0 saturated carbocycles. The summed E-state index contributed by atoms with van der Waals surface area (Å²) in [7, 11) is 1.65. The Balaban J connectivity index is 2.65. The number of anilines is 1. The van der Waals surface area contributed by atoms with Gasteiger partial charge in [-0.15, -0.1) is 0 Å². The second-order valence-corrected chi connectivity index (χ2v) is 4.87. The van der Waals surface area contributed by atoms with Crippen LogP contribution in [0.4, 0.5) is 14.5 Å². The third kappa shape index (κ3) is 4.69. The van der Waals surface area contributed by atoms with Crippen LogP contribution in [0.15, 0.2) is 18.2 Å². The summed E-state index contributed by atoms with van der Waals surface area (Å²) in [6.07, 6.45) is 0.738. The van der Waals surface area contributed by atoms with Gasteiger partial charge in [0, 0.05) is 24.9 Å². The Kier molecular flexibility index (Phi) is 4.46. The number of methoxy groups -OCH3 is 1. The molecule has 1 aromatic carbocycles. The number of hydrogen-bond acceptors (Lipinski definition) is 2. The number of hydrogen-bond donors (Lipinski definition) is 1. The minimum atomic E-state index is -0.578. The molecule has 0 aliphatic heterocycles. The zero-order valence-electron chi connectivity index (χ0n) is 10.7. The largest absolute Gasteiger partial charge is 0.382 e. The average Bonchev–Trinajstić information content (AvgIpc) is 2.14. The number of rotatable bonds is 5. The van der Waals surface area contributed by atoms with Crippen LogP contribution >= 0.6 is 0 Å². The van der Waals surface area contributed by atoms with Crippen LogP contribution in [0.5, 0.6) is 0 Å². The van der Waals surface area contributed by atoms with E-state index in [0.29, 0.717) is 5.69 Å². The topological polar surface area (TPSA) is 21.3 Å². The van der Waals surface area contributed by atoms with E-state index in [2.05, 4.69) is 5.32 Å². The van der Waals surface area contributed by atoms with Gasteiger partial charge in [0.15, 0.2) is 0 Å². The number of halogens is 2. The van der Waals surface area contributed by atoms with Gasteiger partial charge in [-0.2, -0.15) is 0 Å². The van der Waals surface area contributed by atoms with Crippen molar-refractivity contribution in [3.05, 3.63) is 29.8 Å². The molecule has 0 aromatic heterocycles. The molecule has 0 saturated heterocycles. The first-order valence-electron chi connectivity index (χ1n) is 5.60. The van der Waals surface area contributed by atoms with Crippen molar-refractivity contribution >= 4 is 5.69 Å². The summed E-state index contributed by atoms with van der Waals surface area (Å²) in [4.78, 5) is 0. The Bertz CT molecular complexity index is 359. The van der Waals surface area contributed by atoms with E-state index in [1.54, 1.807) is 7.11 Å². The van der Waals surface area contributed by atoms with Crippen LogP contribution in [0.2, 0.25) is 0 Å². The molecule has 0 aliphatic carbocycles. The molecule has 0 radical (unpaired) electrons. The van der Waals surface area contributed by atoms with Crippen molar-refractivity contribution in [3.63, 3.8) is 0 Å². The lowest BCUT2D eigenvalue weighted by molar-refractivity contribution is 0.0128. The van der Waals surface area contributed by atoms with Gasteiger partial charge in [-0.3, -0.25) is 0 Å². The lowest BCUT2D eigenvalue weighted by atomic mass is 10.00. The van der Waals surface area contributed by atoms with Crippen LogP contribution in [0.25, 0.3) is 0 Å². The molecule has 0 bridgehead atoms. The van der Waals surface area contributed by atoms with E-state index < -0.39 is 11.6 Å². The highest BCUT2D eigenvalue weighted by molar-refractivity contribution is 5.44. The van der Waals surface area contributed by atoms with Gasteiger partial charge >= 0.3 is 0 Å². The van der Waals surface area contributed by atoms with E-state index in [0.717, 1.165) is 12.5 Å². The molecule has 1 N–H and O–H groups in total. The van der Waals surface area contributed by atoms with Crippen LogP contribution < -0.4 is 5.32 Å². The SMILES string of the molecule is COC(C)(C)CC(C)Nc1cc(F)cc(F)c1. The van der Waals surface area contributed by atoms with E-state index >= 15 is 0 Å². The molecule has 2 nitrogen and oxygen atoms in total. The normalized spacial score (nSPS) is 13.5. The maximum atomic E-state index is 13.0. The van der Waals surface area contributed by atoms with Crippen molar-refractivity contribution in [1.82, 2.24) is 0 Å². The van der Waals surface area contributed by atoms with Gasteiger partial charge in [0.1, 0.15) is 11.6 Å². The monoisotopic (exact) mass is 243 g/mol. The lowest BCUT2D eigenvalue weighted by Crippen LogP contribution is -2.31. The van der Waals surface area contributed by atoms with Crippen LogP contribution in [0, 0.1) is 11.6 Å². The second kappa shape index (κ2) is 5.45. The molecule has 4 heteroatoms.